The fourth-order valence-electron chi connectivity index (χ4n) is 1.84. The SMILES string of the molecule is CCc1ccc(N(C)c2nccc(C)c2Br)cc1. The van der Waals surface area contributed by atoms with Gasteiger partial charge in [-0.3, -0.25) is 0 Å². The number of anilines is 2. The van der Waals surface area contributed by atoms with E-state index in [0.29, 0.717) is 0 Å². The number of aryl methyl sites for hydroxylation is 2. The lowest BCUT2D eigenvalue weighted by Gasteiger charge is -2.20. The van der Waals surface area contributed by atoms with Gasteiger partial charge in [-0.15, -0.1) is 0 Å². The lowest BCUT2D eigenvalue weighted by Crippen LogP contribution is -2.12. The average molecular weight is 305 g/mol. The van der Waals surface area contributed by atoms with Crippen LogP contribution >= 0.6 is 15.9 Å². The largest absolute Gasteiger partial charge is 0.329 e. The summed E-state index contributed by atoms with van der Waals surface area (Å²) in [7, 11) is 2.04. The molecule has 94 valence electrons. The number of hydrogen-bond donors (Lipinski definition) is 0. The van der Waals surface area contributed by atoms with Gasteiger partial charge in [0.05, 0.1) is 4.47 Å². The molecular formula is C15H17BrN2. The van der Waals surface area contributed by atoms with Gasteiger partial charge in [0, 0.05) is 18.9 Å². The van der Waals surface area contributed by atoms with E-state index in [0.717, 1.165) is 22.4 Å². The lowest BCUT2D eigenvalue weighted by molar-refractivity contribution is 1.09. The Hall–Kier alpha value is -1.35. The summed E-state index contributed by atoms with van der Waals surface area (Å²) < 4.78 is 1.05. The van der Waals surface area contributed by atoms with Crippen LogP contribution in [-0.4, -0.2) is 12.0 Å². The first-order valence-electron chi connectivity index (χ1n) is 6.07. The summed E-state index contributed by atoms with van der Waals surface area (Å²) in [6.45, 7) is 4.24. The van der Waals surface area contributed by atoms with Crippen molar-refractivity contribution in [3.05, 3.63) is 52.1 Å². The van der Waals surface area contributed by atoms with Crippen LogP contribution < -0.4 is 4.90 Å². The molecule has 2 rings (SSSR count). The summed E-state index contributed by atoms with van der Waals surface area (Å²) in [5, 5.41) is 0. The number of rotatable bonds is 3. The number of pyridine rings is 1. The van der Waals surface area contributed by atoms with Crippen LogP contribution in [0.1, 0.15) is 18.1 Å². The van der Waals surface area contributed by atoms with Crippen molar-refractivity contribution in [1.82, 2.24) is 4.98 Å². The predicted octanol–water partition coefficient (Wildman–Crippen LogP) is 4.48. The number of aromatic nitrogens is 1. The predicted molar refractivity (Wildman–Crippen MR) is 80.6 cm³/mol. The molecule has 0 amide bonds. The molecule has 0 aliphatic heterocycles. The van der Waals surface area contributed by atoms with Crippen LogP contribution in [0.4, 0.5) is 11.5 Å². The summed E-state index contributed by atoms with van der Waals surface area (Å²) >= 11 is 3.60. The summed E-state index contributed by atoms with van der Waals surface area (Å²) in [4.78, 5) is 6.53. The van der Waals surface area contributed by atoms with Crippen LogP contribution in [0.15, 0.2) is 41.0 Å². The normalized spacial score (nSPS) is 10.4. The number of halogens is 1. The molecule has 1 heterocycles. The van der Waals surface area contributed by atoms with Gasteiger partial charge in [0.25, 0.3) is 0 Å². The second-order valence-electron chi connectivity index (χ2n) is 4.34. The highest BCUT2D eigenvalue weighted by atomic mass is 79.9. The van der Waals surface area contributed by atoms with Crippen LogP contribution in [-0.2, 0) is 6.42 Å². The second kappa shape index (κ2) is 5.53. The van der Waals surface area contributed by atoms with Gasteiger partial charge < -0.3 is 4.90 Å². The zero-order valence-corrected chi connectivity index (χ0v) is 12.5. The van der Waals surface area contributed by atoms with Gasteiger partial charge in [0.2, 0.25) is 0 Å². The topological polar surface area (TPSA) is 16.1 Å². The van der Waals surface area contributed by atoms with E-state index in [1.54, 1.807) is 0 Å². The smallest absolute Gasteiger partial charge is 0.147 e. The third-order valence-corrected chi connectivity index (χ3v) is 4.09. The minimum Gasteiger partial charge on any atom is -0.329 e. The molecular weight excluding hydrogens is 288 g/mol. The Kier molecular flexibility index (Phi) is 4.02. The summed E-state index contributed by atoms with van der Waals surface area (Å²) in [6.07, 6.45) is 2.91. The van der Waals surface area contributed by atoms with Crippen molar-refractivity contribution >= 4 is 27.4 Å². The molecule has 0 saturated heterocycles. The molecule has 2 nitrogen and oxygen atoms in total. The first-order valence-corrected chi connectivity index (χ1v) is 6.86. The van der Waals surface area contributed by atoms with Crippen molar-refractivity contribution in [3.63, 3.8) is 0 Å². The Labute approximate surface area is 117 Å². The number of nitrogens with zero attached hydrogens (tertiary/aromatic N) is 2. The molecule has 1 aromatic heterocycles. The Morgan fingerprint density at radius 1 is 1.17 bits per heavy atom. The lowest BCUT2D eigenvalue weighted by atomic mass is 10.1. The molecule has 0 fully saturated rings. The maximum Gasteiger partial charge on any atom is 0.147 e. The van der Waals surface area contributed by atoms with Crippen molar-refractivity contribution in [2.45, 2.75) is 20.3 Å². The molecule has 0 aliphatic carbocycles. The van der Waals surface area contributed by atoms with E-state index in [-0.39, 0.29) is 0 Å². The first kappa shape index (κ1) is 13.1. The molecule has 0 atom stereocenters. The summed E-state index contributed by atoms with van der Waals surface area (Å²) in [6, 6.07) is 10.6. The maximum atomic E-state index is 4.44. The van der Waals surface area contributed by atoms with E-state index >= 15 is 0 Å². The molecule has 0 saturated carbocycles. The Bertz CT molecular complexity index is 535. The molecule has 0 N–H and O–H groups in total. The molecule has 0 radical (unpaired) electrons. The van der Waals surface area contributed by atoms with Crippen molar-refractivity contribution in [1.29, 1.82) is 0 Å². The summed E-state index contributed by atoms with van der Waals surface area (Å²) in [5.74, 6) is 0.944. The Morgan fingerprint density at radius 2 is 1.83 bits per heavy atom. The second-order valence-corrected chi connectivity index (χ2v) is 5.14. The fourth-order valence-corrected chi connectivity index (χ4v) is 2.34. The van der Waals surface area contributed by atoms with Crippen LogP contribution in [0.2, 0.25) is 0 Å². The molecule has 1 aromatic carbocycles. The highest BCUT2D eigenvalue weighted by molar-refractivity contribution is 9.10. The third-order valence-electron chi connectivity index (χ3n) is 3.11. The molecule has 0 unspecified atom stereocenters. The van der Waals surface area contributed by atoms with E-state index in [9.17, 15) is 0 Å². The fraction of sp³-hybridized carbons (Fsp3) is 0.267. The van der Waals surface area contributed by atoms with E-state index in [4.69, 9.17) is 0 Å². The molecule has 0 spiro atoms. The van der Waals surface area contributed by atoms with Gasteiger partial charge >= 0.3 is 0 Å². The van der Waals surface area contributed by atoms with Crippen LogP contribution in [0.25, 0.3) is 0 Å². The van der Waals surface area contributed by atoms with Crippen molar-refractivity contribution < 1.29 is 0 Å². The van der Waals surface area contributed by atoms with Gasteiger partial charge in [-0.05, 0) is 58.6 Å². The van der Waals surface area contributed by atoms with Crippen LogP contribution in [0.5, 0.6) is 0 Å². The van der Waals surface area contributed by atoms with Crippen molar-refractivity contribution in [3.8, 4) is 0 Å². The van der Waals surface area contributed by atoms with Gasteiger partial charge in [-0.2, -0.15) is 0 Å². The minimum absolute atomic E-state index is 0.944. The average Bonchev–Trinajstić information content (AvgIpc) is 2.41. The van der Waals surface area contributed by atoms with Crippen molar-refractivity contribution in [2.75, 3.05) is 11.9 Å². The maximum absolute atomic E-state index is 4.44. The van der Waals surface area contributed by atoms with E-state index in [1.165, 1.54) is 11.1 Å². The molecule has 18 heavy (non-hydrogen) atoms. The minimum atomic E-state index is 0.944. The monoisotopic (exact) mass is 304 g/mol. The van der Waals surface area contributed by atoms with Crippen molar-refractivity contribution in [2.24, 2.45) is 0 Å². The quantitative estimate of drug-likeness (QED) is 0.831. The van der Waals surface area contributed by atoms with Crippen LogP contribution in [0.3, 0.4) is 0 Å². The molecule has 3 heteroatoms. The molecule has 2 aromatic rings. The highest BCUT2D eigenvalue weighted by Crippen LogP contribution is 2.30. The van der Waals surface area contributed by atoms with Crippen LogP contribution in [0, 0.1) is 6.92 Å². The summed E-state index contributed by atoms with van der Waals surface area (Å²) in [5.41, 5.74) is 3.69. The number of hydrogen-bond acceptors (Lipinski definition) is 2. The van der Waals surface area contributed by atoms with Gasteiger partial charge in [-0.1, -0.05) is 19.1 Å². The highest BCUT2D eigenvalue weighted by Gasteiger charge is 2.10. The first-order chi connectivity index (χ1) is 8.63. The van der Waals surface area contributed by atoms with E-state index in [1.807, 2.05) is 19.3 Å². The van der Waals surface area contributed by atoms with Gasteiger partial charge in [0.1, 0.15) is 5.82 Å². The van der Waals surface area contributed by atoms with E-state index in [2.05, 4.69) is 63.9 Å². The van der Waals surface area contributed by atoms with Gasteiger partial charge in [0.15, 0.2) is 0 Å². The third kappa shape index (κ3) is 2.56. The zero-order valence-electron chi connectivity index (χ0n) is 10.9. The van der Waals surface area contributed by atoms with E-state index < -0.39 is 0 Å². The number of benzene rings is 1. The zero-order chi connectivity index (χ0) is 13.1. The molecule has 0 aliphatic rings. The Morgan fingerprint density at radius 3 is 2.44 bits per heavy atom. The Balaban J connectivity index is 2.35. The standard InChI is InChI=1S/C15H17BrN2/c1-4-12-5-7-13(8-6-12)18(3)15-14(16)11(2)9-10-17-15/h5-10H,4H2,1-3H3. The van der Waals surface area contributed by atoms with Gasteiger partial charge in [-0.25, -0.2) is 4.98 Å². The molecule has 0 bridgehead atoms.